The minimum Gasteiger partial charge on any atom is -0.497 e. The molecule has 5 rings (SSSR count). The van der Waals surface area contributed by atoms with Crippen molar-refractivity contribution in [3.05, 3.63) is 29.7 Å². The van der Waals surface area contributed by atoms with E-state index in [1.54, 1.807) is 10.7 Å². The van der Waals surface area contributed by atoms with Crippen LogP contribution >= 0.6 is 11.3 Å². The van der Waals surface area contributed by atoms with Crippen LogP contribution in [0.5, 0.6) is 5.75 Å². The first-order valence-electron chi connectivity index (χ1n) is 11.2. The number of hydrogen-bond donors (Lipinski definition) is 1. The average molecular weight is 509 g/mol. The van der Waals surface area contributed by atoms with E-state index in [4.69, 9.17) is 9.47 Å². The first kappa shape index (κ1) is 23.2. The van der Waals surface area contributed by atoms with Gasteiger partial charge in [0.2, 0.25) is 0 Å². The summed E-state index contributed by atoms with van der Waals surface area (Å²) >= 11 is 0.744. The Morgan fingerprint density at radius 3 is 2.71 bits per heavy atom. The Balaban J connectivity index is 1.57. The van der Waals surface area contributed by atoms with Gasteiger partial charge in [-0.2, -0.15) is 9.49 Å². The molecule has 0 bridgehead atoms. The number of methoxy groups -OCH3 is 1. The lowest BCUT2D eigenvalue weighted by Crippen LogP contribution is -2.30. The van der Waals surface area contributed by atoms with E-state index in [-0.39, 0.29) is 21.9 Å². The monoisotopic (exact) mass is 508 g/mol. The van der Waals surface area contributed by atoms with Gasteiger partial charge in [-0.1, -0.05) is 11.3 Å². The van der Waals surface area contributed by atoms with E-state index in [0.717, 1.165) is 30.4 Å². The molecule has 2 aliphatic rings. The lowest BCUT2D eigenvalue weighted by molar-refractivity contribution is -0.120. The van der Waals surface area contributed by atoms with Gasteiger partial charge in [-0.05, 0) is 44.1 Å². The molecule has 1 saturated carbocycles. The van der Waals surface area contributed by atoms with E-state index in [9.17, 15) is 17.6 Å². The summed E-state index contributed by atoms with van der Waals surface area (Å²) in [5.41, 5.74) is 0.496. The number of ether oxygens (including phenoxy) is 2. The Morgan fingerprint density at radius 2 is 2.06 bits per heavy atom. The highest BCUT2D eigenvalue weighted by molar-refractivity contribution is 7.92. The van der Waals surface area contributed by atoms with Crippen LogP contribution in [0.2, 0.25) is 0 Å². The summed E-state index contributed by atoms with van der Waals surface area (Å²) < 4.78 is 52.1. The molecule has 1 saturated heterocycles. The van der Waals surface area contributed by atoms with Gasteiger partial charge in [-0.3, -0.25) is 9.48 Å². The molecule has 1 amide bonds. The predicted octanol–water partition coefficient (Wildman–Crippen LogP) is 3.57. The molecule has 2 fully saturated rings. The number of thiazole rings is 1. The molecule has 3 heterocycles. The number of sulfone groups is 1. The van der Waals surface area contributed by atoms with Gasteiger partial charge < -0.3 is 14.8 Å². The summed E-state index contributed by atoms with van der Waals surface area (Å²) in [6.07, 6.45) is 5.90. The van der Waals surface area contributed by atoms with Crippen LogP contribution in [-0.2, 0) is 19.4 Å². The van der Waals surface area contributed by atoms with Crippen molar-refractivity contribution in [2.75, 3.05) is 25.6 Å². The maximum atomic E-state index is 13.4. The topological polar surface area (TPSA) is 112 Å². The van der Waals surface area contributed by atoms with Crippen LogP contribution in [0.4, 0.5) is 9.52 Å². The van der Waals surface area contributed by atoms with Gasteiger partial charge in [0.25, 0.3) is 5.91 Å². The Labute approximate surface area is 200 Å². The Morgan fingerprint density at radius 1 is 1.29 bits per heavy atom. The van der Waals surface area contributed by atoms with Gasteiger partial charge in [0, 0.05) is 24.7 Å². The summed E-state index contributed by atoms with van der Waals surface area (Å²) in [5, 5.41) is 6.88. The minimum absolute atomic E-state index is 0.158. The smallest absolute Gasteiger partial charge is 0.251 e. The van der Waals surface area contributed by atoms with Gasteiger partial charge >= 0.3 is 0 Å². The molecule has 1 aliphatic carbocycles. The van der Waals surface area contributed by atoms with E-state index in [1.165, 1.54) is 19.4 Å². The van der Waals surface area contributed by atoms with Gasteiger partial charge in [-0.15, -0.1) is 0 Å². The van der Waals surface area contributed by atoms with E-state index in [0.29, 0.717) is 49.1 Å². The van der Waals surface area contributed by atoms with Crippen LogP contribution in [0.3, 0.4) is 0 Å². The van der Waals surface area contributed by atoms with E-state index < -0.39 is 26.3 Å². The summed E-state index contributed by atoms with van der Waals surface area (Å²) in [5.74, 6) is 0.206. The number of carbonyl (C=O) groups is 1. The maximum Gasteiger partial charge on any atom is 0.251 e. The zero-order valence-electron chi connectivity index (χ0n) is 18.6. The molecule has 1 atom stereocenters. The van der Waals surface area contributed by atoms with E-state index in [2.05, 4.69) is 15.4 Å². The number of rotatable bonds is 8. The summed E-state index contributed by atoms with van der Waals surface area (Å²) in [7, 11) is -2.06. The first-order valence-corrected chi connectivity index (χ1v) is 13.5. The second-order valence-electron chi connectivity index (χ2n) is 8.66. The highest BCUT2D eigenvalue weighted by Crippen LogP contribution is 2.39. The first-order chi connectivity index (χ1) is 16.4. The fourth-order valence-electron chi connectivity index (χ4n) is 4.37. The molecule has 1 N–H and O–H groups in total. The lowest BCUT2D eigenvalue weighted by Gasteiger charge is -2.26. The molecule has 0 spiro atoms. The van der Waals surface area contributed by atoms with Crippen molar-refractivity contribution in [2.45, 2.75) is 48.3 Å². The van der Waals surface area contributed by atoms with Crippen LogP contribution in [0.25, 0.3) is 10.9 Å². The standard InChI is InChI=1S/C22H25FN4O5S2/c1-31-14-9-17-16(19(10-14)34(29,30)15-2-3-15)11-25-27(17)18(8-13-4-6-32-7-5-13)21(28)26-22-24-12-20(23)33-22/h9-13,15,18H,2-8H2,1H3,(H,24,26,28)/t18-/m1/s1. The number of aromatic nitrogens is 3. The van der Waals surface area contributed by atoms with Crippen LogP contribution in [-0.4, -0.2) is 54.7 Å². The molecule has 2 aromatic heterocycles. The third-order valence-electron chi connectivity index (χ3n) is 6.36. The van der Waals surface area contributed by atoms with Crippen LogP contribution in [0, 0.1) is 11.0 Å². The molecule has 12 heteroatoms. The minimum atomic E-state index is -3.53. The highest BCUT2D eigenvalue weighted by Gasteiger charge is 2.39. The number of halogens is 1. The molecule has 0 unspecified atom stereocenters. The lowest BCUT2D eigenvalue weighted by atomic mass is 9.92. The summed E-state index contributed by atoms with van der Waals surface area (Å²) in [4.78, 5) is 17.4. The summed E-state index contributed by atoms with van der Waals surface area (Å²) in [6.45, 7) is 1.24. The summed E-state index contributed by atoms with van der Waals surface area (Å²) in [6, 6.07) is 2.46. The SMILES string of the molecule is COc1cc(S(=O)(=O)C2CC2)c2cnn([C@H](CC3CCOCC3)C(=O)Nc3ncc(F)s3)c2c1. The molecule has 9 nitrogen and oxygen atoms in total. The molecule has 1 aromatic carbocycles. The van der Waals surface area contributed by atoms with Gasteiger partial charge in [0.05, 0.1) is 35.2 Å². The number of fused-ring (bicyclic) bond motifs is 1. The van der Waals surface area contributed by atoms with E-state index in [1.807, 2.05) is 0 Å². The number of carbonyl (C=O) groups excluding carboxylic acids is 1. The van der Waals surface area contributed by atoms with Crippen molar-refractivity contribution in [1.82, 2.24) is 14.8 Å². The molecule has 34 heavy (non-hydrogen) atoms. The second-order valence-corrected chi connectivity index (χ2v) is 11.8. The molecule has 1 aliphatic heterocycles. The largest absolute Gasteiger partial charge is 0.497 e. The van der Waals surface area contributed by atoms with E-state index >= 15 is 0 Å². The predicted molar refractivity (Wildman–Crippen MR) is 124 cm³/mol. The molecule has 3 aromatic rings. The zero-order chi connectivity index (χ0) is 23.9. The van der Waals surface area contributed by atoms with Crippen molar-refractivity contribution in [3.63, 3.8) is 0 Å². The van der Waals surface area contributed by atoms with Crippen molar-refractivity contribution >= 4 is 43.1 Å². The van der Waals surface area contributed by atoms with Crippen LogP contribution < -0.4 is 10.1 Å². The molecular weight excluding hydrogens is 483 g/mol. The normalized spacial score (nSPS) is 18.2. The second kappa shape index (κ2) is 9.23. The molecule has 182 valence electrons. The Bertz CT molecular complexity index is 1310. The van der Waals surface area contributed by atoms with Crippen molar-refractivity contribution in [1.29, 1.82) is 0 Å². The Kier molecular flexibility index (Phi) is 6.30. The number of amides is 1. The number of nitrogens with zero attached hydrogens (tertiary/aromatic N) is 3. The molecular formula is C22H25FN4O5S2. The third-order valence-corrected chi connectivity index (χ3v) is 9.36. The zero-order valence-corrected chi connectivity index (χ0v) is 20.2. The number of hydrogen-bond acceptors (Lipinski definition) is 8. The number of nitrogens with one attached hydrogen (secondary N) is 1. The fraction of sp³-hybridized carbons (Fsp3) is 0.500. The van der Waals surface area contributed by atoms with Crippen molar-refractivity contribution in [2.24, 2.45) is 5.92 Å². The quantitative estimate of drug-likeness (QED) is 0.495. The number of anilines is 1. The van der Waals surface area contributed by atoms with Gasteiger partial charge in [-0.25, -0.2) is 13.4 Å². The highest BCUT2D eigenvalue weighted by atomic mass is 32.2. The number of benzene rings is 1. The maximum absolute atomic E-state index is 13.4. The fourth-order valence-corrected chi connectivity index (χ4v) is 6.77. The Hall–Kier alpha value is -2.57. The third kappa shape index (κ3) is 4.53. The van der Waals surface area contributed by atoms with Crippen LogP contribution in [0.1, 0.15) is 38.1 Å². The van der Waals surface area contributed by atoms with Crippen molar-refractivity contribution in [3.8, 4) is 5.75 Å². The van der Waals surface area contributed by atoms with Crippen LogP contribution in [0.15, 0.2) is 29.4 Å². The van der Waals surface area contributed by atoms with Crippen molar-refractivity contribution < 1.29 is 27.1 Å². The average Bonchev–Trinajstić information content (AvgIpc) is 3.51. The van der Waals surface area contributed by atoms with Gasteiger partial charge in [0.15, 0.2) is 20.1 Å². The van der Waals surface area contributed by atoms with Gasteiger partial charge in [0.1, 0.15) is 11.8 Å². The molecule has 0 radical (unpaired) electrons.